The number of ether oxygens (including phenoxy) is 2. The van der Waals surface area contributed by atoms with Crippen LogP contribution in [0.15, 0.2) is 42.6 Å². The molecule has 0 aliphatic rings. The van der Waals surface area contributed by atoms with Gasteiger partial charge in [-0.05, 0) is 50.2 Å². The number of nitrogens with one attached hydrogen (secondary N) is 1. The van der Waals surface area contributed by atoms with E-state index in [-0.39, 0.29) is 12.2 Å². The number of carbonyl (C=O) groups is 2. The van der Waals surface area contributed by atoms with Gasteiger partial charge in [0.2, 0.25) is 0 Å². The summed E-state index contributed by atoms with van der Waals surface area (Å²) >= 11 is 12.4. The van der Waals surface area contributed by atoms with Crippen LogP contribution in [0.3, 0.4) is 0 Å². The number of anilines is 2. The van der Waals surface area contributed by atoms with Gasteiger partial charge in [-0.3, -0.25) is 4.98 Å². The predicted molar refractivity (Wildman–Crippen MR) is 113 cm³/mol. The van der Waals surface area contributed by atoms with Crippen molar-refractivity contribution in [2.24, 2.45) is 0 Å². The average Bonchev–Trinajstić information content (AvgIpc) is 2.72. The van der Waals surface area contributed by atoms with Gasteiger partial charge >= 0.3 is 11.9 Å². The molecule has 1 N–H and O–H groups in total. The fraction of sp³-hybridized carbons (Fsp3) is 0.190. The van der Waals surface area contributed by atoms with Crippen LogP contribution in [0.25, 0.3) is 10.9 Å². The van der Waals surface area contributed by atoms with Crippen LogP contribution in [0, 0.1) is 0 Å². The maximum absolute atomic E-state index is 12.4. The van der Waals surface area contributed by atoms with E-state index in [1.165, 1.54) is 6.20 Å². The molecule has 3 aromatic rings. The van der Waals surface area contributed by atoms with Gasteiger partial charge in [-0.25, -0.2) is 9.59 Å². The van der Waals surface area contributed by atoms with E-state index in [1.54, 1.807) is 50.2 Å². The van der Waals surface area contributed by atoms with Crippen LogP contribution in [0.5, 0.6) is 0 Å². The van der Waals surface area contributed by atoms with Crippen LogP contribution in [0.2, 0.25) is 10.0 Å². The van der Waals surface area contributed by atoms with Crippen LogP contribution in [-0.4, -0.2) is 30.1 Å². The molecule has 150 valence electrons. The highest BCUT2D eigenvalue weighted by Gasteiger charge is 2.19. The number of fused-ring (bicyclic) bond motifs is 1. The molecule has 0 aliphatic carbocycles. The van der Waals surface area contributed by atoms with Crippen molar-refractivity contribution in [2.45, 2.75) is 13.8 Å². The van der Waals surface area contributed by atoms with Crippen LogP contribution < -0.4 is 5.32 Å². The monoisotopic (exact) mass is 432 g/mol. The maximum atomic E-state index is 12.4. The molecular weight excluding hydrogens is 415 g/mol. The number of pyridine rings is 1. The Morgan fingerprint density at radius 3 is 2.28 bits per heavy atom. The molecule has 0 atom stereocenters. The molecule has 0 bridgehead atoms. The quantitative estimate of drug-likeness (QED) is 0.507. The zero-order chi connectivity index (χ0) is 21.0. The third-order valence-corrected chi connectivity index (χ3v) is 4.89. The molecule has 0 saturated heterocycles. The summed E-state index contributed by atoms with van der Waals surface area (Å²) in [6.45, 7) is 4.00. The predicted octanol–water partition coefficient (Wildman–Crippen LogP) is 5.64. The second kappa shape index (κ2) is 9.11. The largest absolute Gasteiger partial charge is 0.462 e. The van der Waals surface area contributed by atoms with Gasteiger partial charge in [0.25, 0.3) is 0 Å². The summed E-state index contributed by atoms with van der Waals surface area (Å²) in [5.74, 6) is -0.916. The molecule has 0 spiro atoms. The first-order valence-corrected chi connectivity index (χ1v) is 9.69. The summed E-state index contributed by atoms with van der Waals surface area (Å²) < 4.78 is 10.1. The second-order valence-corrected chi connectivity index (χ2v) is 6.73. The first-order valence-electron chi connectivity index (χ1n) is 8.94. The Labute approximate surface area is 177 Å². The van der Waals surface area contributed by atoms with Crippen LogP contribution in [0.4, 0.5) is 11.4 Å². The van der Waals surface area contributed by atoms with Crippen molar-refractivity contribution in [3.05, 3.63) is 63.8 Å². The van der Waals surface area contributed by atoms with Crippen LogP contribution in [0.1, 0.15) is 34.6 Å². The SMILES string of the molecule is CCOC(=O)c1ccc(Nc2c(C(=O)OCC)cnc3c(Cl)c(Cl)ccc23)cc1. The molecule has 8 heteroatoms. The highest BCUT2D eigenvalue weighted by atomic mass is 35.5. The van der Waals surface area contributed by atoms with Crippen LogP contribution in [-0.2, 0) is 9.47 Å². The summed E-state index contributed by atoms with van der Waals surface area (Å²) in [6.07, 6.45) is 1.40. The minimum absolute atomic E-state index is 0.228. The molecule has 0 radical (unpaired) electrons. The topological polar surface area (TPSA) is 77.5 Å². The zero-order valence-corrected chi connectivity index (χ0v) is 17.3. The lowest BCUT2D eigenvalue weighted by Crippen LogP contribution is -2.09. The van der Waals surface area contributed by atoms with Gasteiger partial charge in [0, 0.05) is 17.3 Å². The number of carbonyl (C=O) groups excluding carboxylic acids is 2. The highest BCUT2D eigenvalue weighted by Crippen LogP contribution is 2.36. The lowest BCUT2D eigenvalue weighted by molar-refractivity contribution is 0.0517. The Bertz CT molecular complexity index is 1070. The van der Waals surface area contributed by atoms with Crippen molar-refractivity contribution in [1.82, 2.24) is 4.98 Å². The average molecular weight is 433 g/mol. The Kier molecular flexibility index (Phi) is 6.56. The number of rotatable bonds is 6. The molecular formula is C21H18Cl2N2O4. The molecule has 1 aromatic heterocycles. The molecule has 2 aromatic carbocycles. The van der Waals surface area contributed by atoms with Crippen molar-refractivity contribution < 1.29 is 19.1 Å². The Morgan fingerprint density at radius 2 is 1.62 bits per heavy atom. The molecule has 1 heterocycles. The van der Waals surface area contributed by atoms with Crippen molar-refractivity contribution in [3.63, 3.8) is 0 Å². The summed E-state index contributed by atoms with van der Waals surface area (Å²) in [5.41, 5.74) is 2.28. The lowest BCUT2D eigenvalue weighted by atomic mass is 10.1. The van der Waals surface area contributed by atoms with Gasteiger partial charge in [0.1, 0.15) is 5.56 Å². The van der Waals surface area contributed by atoms with Gasteiger partial charge in [0.15, 0.2) is 0 Å². The Morgan fingerprint density at radius 1 is 0.966 bits per heavy atom. The second-order valence-electron chi connectivity index (χ2n) is 5.95. The van der Waals surface area contributed by atoms with Crippen LogP contribution >= 0.6 is 23.2 Å². The van der Waals surface area contributed by atoms with E-state index >= 15 is 0 Å². The third-order valence-electron chi connectivity index (χ3n) is 4.09. The van der Waals surface area contributed by atoms with Crippen molar-refractivity contribution in [1.29, 1.82) is 0 Å². The van der Waals surface area contributed by atoms with Gasteiger partial charge in [-0.1, -0.05) is 23.2 Å². The zero-order valence-electron chi connectivity index (χ0n) is 15.8. The molecule has 29 heavy (non-hydrogen) atoms. The maximum Gasteiger partial charge on any atom is 0.341 e. The van der Waals surface area contributed by atoms with Crippen molar-refractivity contribution >= 4 is 57.4 Å². The first-order chi connectivity index (χ1) is 14.0. The van der Waals surface area contributed by atoms with E-state index in [4.69, 9.17) is 32.7 Å². The van der Waals surface area contributed by atoms with E-state index < -0.39 is 11.9 Å². The van der Waals surface area contributed by atoms with Crippen molar-refractivity contribution in [2.75, 3.05) is 18.5 Å². The third kappa shape index (κ3) is 4.44. The van der Waals surface area contributed by atoms with E-state index in [2.05, 4.69) is 10.3 Å². The van der Waals surface area contributed by atoms with Gasteiger partial charge in [-0.15, -0.1) is 0 Å². The van der Waals surface area contributed by atoms with Gasteiger partial charge in [0.05, 0.1) is 40.0 Å². The number of hydrogen-bond donors (Lipinski definition) is 1. The van der Waals surface area contributed by atoms with Crippen molar-refractivity contribution in [3.8, 4) is 0 Å². The number of aromatic nitrogens is 1. The normalized spacial score (nSPS) is 10.6. The number of hydrogen-bond acceptors (Lipinski definition) is 6. The molecule has 6 nitrogen and oxygen atoms in total. The summed E-state index contributed by atoms with van der Waals surface area (Å²) in [6, 6.07) is 10.1. The number of esters is 2. The van der Waals surface area contributed by atoms with E-state index in [1.807, 2.05) is 0 Å². The Balaban J connectivity index is 2.06. The van der Waals surface area contributed by atoms with E-state index in [9.17, 15) is 9.59 Å². The minimum Gasteiger partial charge on any atom is -0.462 e. The summed E-state index contributed by atoms with van der Waals surface area (Å²) in [5, 5.41) is 4.47. The summed E-state index contributed by atoms with van der Waals surface area (Å²) in [4.78, 5) is 28.6. The first kappa shape index (κ1) is 20.9. The molecule has 0 aliphatic heterocycles. The number of halogens is 2. The molecule has 0 amide bonds. The molecule has 3 rings (SSSR count). The fourth-order valence-electron chi connectivity index (χ4n) is 2.75. The smallest absolute Gasteiger partial charge is 0.341 e. The number of nitrogens with zero attached hydrogens (tertiary/aromatic N) is 1. The molecule has 0 fully saturated rings. The Hall–Kier alpha value is -2.83. The minimum atomic E-state index is -0.515. The van der Waals surface area contributed by atoms with Gasteiger partial charge in [-0.2, -0.15) is 0 Å². The lowest BCUT2D eigenvalue weighted by Gasteiger charge is -2.15. The van der Waals surface area contributed by atoms with E-state index in [0.717, 1.165) is 0 Å². The standard InChI is InChI=1S/C21H18Cl2N2O4/c1-3-28-20(26)12-5-7-13(8-6-12)25-18-14-9-10-16(22)17(23)19(14)24-11-15(18)21(27)29-4-2/h5-11H,3-4H2,1-2H3,(H,24,25). The number of benzene rings is 2. The van der Waals surface area contributed by atoms with E-state index in [0.29, 0.717) is 44.5 Å². The molecule has 0 saturated carbocycles. The summed E-state index contributed by atoms with van der Waals surface area (Å²) in [7, 11) is 0. The highest BCUT2D eigenvalue weighted by molar-refractivity contribution is 6.45. The fourth-order valence-corrected chi connectivity index (χ4v) is 3.12. The molecule has 0 unspecified atom stereocenters. The van der Waals surface area contributed by atoms with Gasteiger partial charge < -0.3 is 14.8 Å².